The predicted molar refractivity (Wildman–Crippen MR) is 89.4 cm³/mol. The Bertz CT molecular complexity index is 586. The molecule has 0 atom stereocenters. The Kier molecular flexibility index (Phi) is 5.78. The van der Waals surface area contributed by atoms with Gasteiger partial charge < -0.3 is 20.1 Å². The van der Waals surface area contributed by atoms with Crippen LogP contribution in [0.2, 0.25) is 0 Å². The molecule has 2 N–H and O–H groups in total. The quantitative estimate of drug-likeness (QED) is 0.600. The maximum Gasteiger partial charge on any atom is 0.0907 e. The van der Waals surface area contributed by atoms with Gasteiger partial charge in [-0.05, 0) is 25.5 Å². The van der Waals surface area contributed by atoms with E-state index in [2.05, 4.69) is 16.0 Å². The van der Waals surface area contributed by atoms with E-state index in [4.69, 9.17) is 15.2 Å². The van der Waals surface area contributed by atoms with Gasteiger partial charge in [-0.15, -0.1) is 11.3 Å². The summed E-state index contributed by atoms with van der Waals surface area (Å²) in [6.07, 6.45) is 0.952. The lowest BCUT2D eigenvalue weighted by Crippen LogP contribution is -2.29. The number of nitrogens with two attached hydrogens (primary N) is 1. The largest absolute Gasteiger partial charge is 0.397 e. The zero-order valence-corrected chi connectivity index (χ0v) is 13.7. The van der Waals surface area contributed by atoms with Crippen molar-refractivity contribution in [3.63, 3.8) is 0 Å². The number of nitrogen functional groups attached to an aromatic ring is 1. The monoisotopic (exact) mass is 309 g/mol. The number of hydrogen-bond acceptors (Lipinski definition) is 6. The van der Waals surface area contributed by atoms with E-state index in [9.17, 15) is 0 Å². The van der Waals surface area contributed by atoms with Gasteiger partial charge in [0.2, 0.25) is 0 Å². The number of fused-ring (bicyclic) bond motifs is 1. The first-order valence-electron chi connectivity index (χ1n) is 7.05. The smallest absolute Gasteiger partial charge is 0.0907 e. The summed E-state index contributed by atoms with van der Waals surface area (Å²) < 4.78 is 11.5. The summed E-state index contributed by atoms with van der Waals surface area (Å²) in [4.78, 5) is 6.80. The highest BCUT2D eigenvalue weighted by molar-refractivity contribution is 7.18. The molecule has 1 aromatic heterocycles. The van der Waals surface area contributed by atoms with Gasteiger partial charge in [0.15, 0.2) is 0 Å². The van der Waals surface area contributed by atoms with Crippen molar-refractivity contribution in [3.8, 4) is 0 Å². The van der Waals surface area contributed by atoms with Crippen molar-refractivity contribution in [3.05, 3.63) is 17.1 Å². The SMILES string of the molecule is COCCCN(CCOC)c1cc2nc(C)sc2cc1N. The molecule has 6 heteroatoms. The highest BCUT2D eigenvalue weighted by Crippen LogP contribution is 2.32. The van der Waals surface area contributed by atoms with Gasteiger partial charge in [0.1, 0.15) is 0 Å². The minimum Gasteiger partial charge on any atom is -0.397 e. The summed E-state index contributed by atoms with van der Waals surface area (Å²) in [5, 5.41) is 1.06. The average molecular weight is 309 g/mol. The molecule has 0 fully saturated rings. The molecule has 21 heavy (non-hydrogen) atoms. The highest BCUT2D eigenvalue weighted by atomic mass is 32.1. The number of hydrogen-bond donors (Lipinski definition) is 1. The normalized spacial score (nSPS) is 11.2. The van der Waals surface area contributed by atoms with Gasteiger partial charge in [0, 0.05) is 33.9 Å². The first-order valence-corrected chi connectivity index (χ1v) is 7.87. The van der Waals surface area contributed by atoms with Crippen LogP contribution in [0, 0.1) is 6.92 Å². The molecule has 0 amide bonds. The Morgan fingerprint density at radius 3 is 2.67 bits per heavy atom. The summed E-state index contributed by atoms with van der Waals surface area (Å²) in [5.74, 6) is 0. The molecule has 0 saturated heterocycles. The van der Waals surface area contributed by atoms with Crippen molar-refractivity contribution in [2.45, 2.75) is 13.3 Å². The van der Waals surface area contributed by atoms with Crippen molar-refractivity contribution in [2.24, 2.45) is 0 Å². The van der Waals surface area contributed by atoms with Gasteiger partial charge in [-0.2, -0.15) is 0 Å². The number of thiazole rings is 1. The van der Waals surface area contributed by atoms with E-state index in [0.29, 0.717) is 6.61 Å². The Labute approximate surface area is 129 Å². The van der Waals surface area contributed by atoms with E-state index in [-0.39, 0.29) is 0 Å². The van der Waals surface area contributed by atoms with Crippen molar-refractivity contribution in [1.29, 1.82) is 0 Å². The van der Waals surface area contributed by atoms with E-state index in [1.165, 1.54) is 0 Å². The van der Waals surface area contributed by atoms with Crippen molar-refractivity contribution >= 4 is 32.9 Å². The van der Waals surface area contributed by atoms with Crippen LogP contribution in [0.15, 0.2) is 12.1 Å². The molecule has 0 aliphatic carbocycles. The topological polar surface area (TPSA) is 60.6 Å². The number of benzene rings is 1. The van der Waals surface area contributed by atoms with Crippen LogP contribution < -0.4 is 10.6 Å². The van der Waals surface area contributed by atoms with Crippen molar-refractivity contribution in [1.82, 2.24) is 4.98 Å². The second-order valence-electron chi connectivity index (χ2n) is 4.94. The lowest BCUT2D eigenvalue weighted by atomic mass is 10.2. The molecule has 2 aromatic rings. The molecule has 0 aliphatic heterocycles. The van der Waals surface area contributed by atoms with E-state index >= 15 is 0 Å². The van der Waals surface area contributed by atoms with E-state index in [1.807, 2.05) is 13.0 Å². The predicted octanol–water partition coefficient (Wildman–Crippen LogP) is 2.68. The van der Waals surface area contributed by atoms with Crippen LogP contribution in [-0.4, -0.2) is 45.5 Å². The van der Waals surface area contributed by atoms with E-state index in [0.717, 1.165) is 52.7 Å². The summed E-state index contributed by atoms with van der Waals surface area (Å²) >= 11 is 1.67. The van der Waals surface area contributed by atoms with Gasteiger partial charge >= 0.3 is 0 Å². The molecule has 1 aromatic carbocycles. The summed E-state index contributed by atoms with van der Waals surface area (Å²) in [6, 6.07) is 4.10. The number of nitrogens with zero attached hydrogens (tertiary/aromatic N) is 2. The third-order valence-corrected chi connectivity index (χ3v) is 4.26. The van der Waals surface area contributed by atoms with E-state index < -0.39 is 0 Å². The molecule has 0 spiro atoms. The number of methoxy groups -OCH3 is 2. The van der Waals surface area contributed by atoms with Gasteiger partial charge in [-0.25, -0.2) is 4.98 Å². The van der Waals surface area contributed by atoms with Crippen LogP contribution in [0.4, 0.5) is 11.4 Å². The number of anilines is 2. The second kappa shape index (κ2) is 7.59. The molecule has 0 aliphatic rings. The fourth-order valence-electron chi connectivity index (χ4n) is 2.32. The molecule has 2 rings (SSSR count). The van der Waals surface area contributed by atoms with Crippen molar-refractivity contribution in [2.75, 3.05) is 51.2 Å². The van der Waals surface area contributed by atoms with Gasteiger partial charge in [-0.1, -0.05) is 0 Å². The summed E-state index contributed by atoms with van der Waals surface area (Å²) in [5.41, 5.74) is 9.07. The number of aromatic nitrogens is 1. The molecule has 1 heterocycles. The van der Waals surface area contributed by atoms with Crippen LogP contribution >= 0.6 is 11.3 Å². The Morgan fingerprint density at radius 2 is 1.95 bits per heavy atom. The third-order valence-electron chi connectivity index (χ3n) is 3.33. The standard InChI is InChI=1S/C15H23N3O2S/c1-11-17-13-10-14(12(16)9-15(13)21-11)18(6-8-20-3)5-4-7-19-2/h9-10H,4-8,16H2,1-3H3. The Morgan fingerprint density at radius 1 is 1.19 bits per heavy atom. The van der Waals surface area contributed by atoms with Crippen LogP contribution in [0.1, 0.15) is 11.4 Å². The Balaban J connectivity index is 2.25. The average Bonchev–Trinajstić information content (AvgIpc) is 2.81. The van der Waals surface area contributed by atoms with Gasteiger partial charge in [0.25, 0.3) is 0 Å². The zero-order chi connectivity index (χ0) is 15.2. The van der Waals surface area contributed by atoms with Crippen molar-refractivity contribution < 1.29 is 9.47 Å². The molecular formula is C15H23N3O2S. The minimum atomic E-state index is 0.667. The van der Waals surface area contributed by atoms with Crippen LogP contribution in [0.3, 0.4) is 0 Å². The van der Waals surface area contributed by atoms with Gasteiger partial charge in [0.05, 0.1) is 33.2 Å². The lowest BCUT2D eigenvalue weighted by molar-refractivity contribution is 0.191. The fourth-order valence-corrected chi connectivity index (χ4v) is 3.18. The molecule has 0 bridgehead atoms. The van der Waals surface area contributed by atoms with Gasteiger partial charge in [-0.3, -0.25) is 0 Å². The maximum atomic E-state index is 6.24. The maximum absolute atomic E-state index is 6.24. The van der Waals surface area contributed by atoms with E-state index in [1.54, 1.807) is 25.6 Å². The second-order valence-corrected chi connectivity index (χ2v) is 6.17. The van der Waals surface area contributed by atoms with Crippen LogP contribution in [-0.2, 0) is 9.47 Å². The molecule has 116 valence electrons. The first kappa shape index (κ1) is 16.0. The molecule has 0 radical (unpaired) electrons. The van der Waals surface area contributed by atoms with Crippen LogP contribution in [0.5, 0.6) is 0 Å². The lowest BCUT2D eigenvalue weighted by Gasteiger charge is -2.26. The third kappa shape index (κ3) is 4.06. The summed E-state index contributed by atoms with van der Waals surface area (Å²) in [6.45, 7) is 5.11. The molecule has 0 unspecified atom stereocenters. The number of aryl methyl sites for hydroxylation is 1. The minimum absolute atomic E-state index is 0.667. The molecular weight excluding hydrogens is 286 g/mol. The zero-order valence-electron chi connectivity index (χ0n) is 12.9. The summed E-state index contributed by atoms with van der Waals surface area (Å²) in [7, 11) is 3.43. The molecule has 5 nitrogen and oxygen atoms in total. The fraction of sp³-hybridized carbons (Fsp3) is 0.533. The number of rotatable bonds is 8. The van der Waals surface area contributed by atoms with Crippen LogP contribution in [0.25, 0.3) is 10.2 Å². The molecule has 0 saturated carbocycles. The first-order chi connectivity index (χ1) is 10.2. The Hall–Kier alpha value is -1.37. The highest BCUT2D eigenvalue weighted by Gasteiger charge is 2.13. The number of ether oxygens (including phenoxy) is 2.